The maximum atomic E-state index is 12.5. The van der Waals surface area contributed by atoms with E-state index in [1.165, 1.54) is 0 Å². The number of allylic oxidation sites excluding steroid dienone is 4. The summed E-state index contributed by atoms with van der Waals surface area (Å²) in [6.07, 6.45) is 3.24. The van der Waals surface area contributed by atoms with E-state index in [9.17, 15) is 9.59 Å². The van der Waals surface area contributed by atoms with Gasteiger partial charge in [0.1, 0.15) is 0 Å². The first kappa shape index (κ1) is 16.3. The third-order valence-electron chi connectivity index (χ3n) is 4.44. The van der Waals surface area contributed by atoms with Crippen LogP contribution in [0.5, 0.6) is 0 Å². The van der Waals surface area contributed by atoms with Gasteiger partial charge < -0.3 is 0 Å². The van der Waals surface area contributed by atoms with E-state index in [-0.39, 0.29) is 17.0 Å². The number of carbonyl (C=O) groups excluding carboxylic acids is 2. The van der Waals surface area contributed by atoms with Crippen molar-refractivity contribution in [3.63, 3.8) is 0 Å². The van der Waals surface area contributed by atoms with Gasteiger partial charge in [0, 0.05) is 13.2 Å². The Labute approximate surface area is 118 Å². The molecule has 19 heavy (non-hydrogen) atoms. The zero-order valence-corrected chi connectivity index (χ0v) is 15.5. The predicted molar refractivity (Wildman–Crippen MR) is 86.5 cm³/mol. The molecule has 0 atom stereocenters. The Morgan fingerprint density at radius 1 is 0.842 bits per heavy atom. The lowest BCUT2D eigenvalue weighted by Crippen LogP contribution is -2.56. The fourth-order valence-electron chi connectivity index (χ4n) is 2.04. The normalized spacial score (nSPS) is 18.3. The topological polar surface area (TPSA) is 34.1 Å². The first-order valence-corrected chi connectivity index (χ1v) is 14.3. The van der Waals surface area contributed by atoms with Gasteiger partial charge in [0.05, 0.1) is 7.59 Å². The zero-order valence-electron chi connectivity index (χ0n) is 13.5. The van der Waals surface area contributed by atoms with Gasteiger partial charge in [0.2, 0.25) is 0 Å². The largest absolute Gasteiger partial charge is 0.290 e. The Morgan fingerprint density at radius 3 is 1.68 bits per heavy atom. The average molecular weight is 295 g/mol. The highest BCUT2D eigenvalue weighted by Gasteiger charge is 2.44. The maximum absolute atomic E-state index is 12.5. The number of hydrogen-bond acceptors (Lipinski definition) is 2. The molecule has 0 fully saturated rings. The zero-order chi connectivity index (χ0) is 15.2. The van der Waals surface area contributed by atoms with Crippen LogP contribution < -0.4 is 0 Å². The van der Waals surface area contributed by atoms with Crippen molar-refractivity contribution in [3.05, 3.63) is 22.9 Å². The second-order valence-electron chi connectivity index (χ2n) is 7.97. The van der Waals surface area contributed by atoms with Crippen LogP contribution >= 0.6 is 0 Å². The van der Waals surface area contributed by atoms with Crippen molar-refractivity contribution < 1.29 is 9.59 Å². The lowest BCUT2D eigenvalue weighted by molar-refractivity contribution is -0.115. The molecular formula is C15H26O2Si2. The molecule has 1 aliphatic carbocycles. The summed E-state index contributed by atoms with van der Waals surface area (Å²) in [5.74, 6) is 0.101. The molecule has 0 aromatic carbocycles. The number of carbonyl (C=O) groups is 2. The first-order chi connectivity index (χ1) is 8.28. The highest BCUT2D eigenvalue weighted by atomic mass is 29.3. The molecule has 0 bridgehead atoms. The van der Waals surface area contributed by atoms with Crippen LogP contribution in [-0.4, -0.2) is 26.7 Å². The third-order valence-corrected chi connectivity index (χ3v) is 22.0. The average Bonchev–Trinajstić information content (AvgIpc) is 2.17. The predicted octanol–water partition coefficient (Wildman–Crippen LogP) is 3.70. The first-order valence-electron chi connectivity index (χ1n) is 6.81. The molecule has 0 aromatic heterocycles. The molecule has 2 nitrogen and oxygen atoms in total. The van der Waals surface area contributed by atoms with E-state index in [0.717, 1.165) is 5.20 Å². The molecule has 0 aromatic rings. The Kier molecular flexibility index (Phi) is 4.01. The summed E-state index contributed by atoms with van der Waals surface area (Å²) in [6, 6.07) is 0. The monoisotopic (exact) mass is 294 g/mol. The molecule has 0 spiro atoms. The molecule has 0 saturated heterocycles. The van der Waals surface area contributed by atoms with Crippen LogP contribution in [0, 0.1) is 5.41 Å². The summed E-state index contributed by atoms with van der Waals surface area (Å²) in [4.78, 5) is 24.8. The molecule has 0 unspecified atom stereocenters. The van der Waals surface area contributed by atoms with E-state index in [1.54, 1.807) is 12.2 Å². The smallest absolute Gasteiger partial charge is 0.182 e. The second-order valence-corrected chi connectivity index (χ2v) is 24.5. The lowest BCUT2D eigenvalue weighted by Gasteiger charge is -2.38. The van der Waals surface area contributed by atoms with Gasteiger partial charge in [-0.25, -0.2) is 0 Å². The molecule has 4 heteroatoms. The van der Waals surface area contributed by atoms with Crippen LogP contribution in [0.1, 0.15) is 20.8 Å². The quantitative estimate of drug-likeness (QED) is 0.575. The van der Waals surface area contributed by atoms with Gasteiger partial charge in [-0.3, -0.25) is 9.59 Å². The van der Waals surface area contributed by atoms with Gasteiger partial charge in [-0.05, 0) is 22.8 Å². The standard InChI is InChI=1S/C15H26O2Si2/c1-15(2,3)11-9-13(17)14(10-12(11)16)19(7,8)18(4,5)6/h9-10H,1-8H3. The number of hydrogen-bond donors (Lipinski definition) is 0. The summed E-state index contributed by atoms with van der Waals surface area (Å²) < 4.78 is 0. The highest BCUT2D eigenvalue weighted by molar-refractivity contribution is 7.44. The van der Waals surface area contributed by atoms with Crippen molar-refractivity contribution in [3.8, 4) is 0 Å². The van der Waals surface area contributed by atoms with Crippen molar-refractivity contribution in [1.82, 2.24) is 0 Å². The van der Waals surface area contributed by atoms with Gasteiger partial charge in [0.15, 0.2) is 11.6 Å². The molecule has 0 radical (unpaired) electrons. The molecule has 106 valence electrons. The SMILES string of the molecule is CC(C)(C)C1=CC(=O)C([Si](C)(C)[Si](C)(C)C)=CC1=O. The fourth-order valence-corrected chi connectivity index (χ4v) is 7.04. The van der Waals surface area contributed by atoms with Gasteiger partial charge >= 0.3 is 0 Å². The van der Waals surface area contributed by atoms with Gasteiger partial charge in [-0.2, -0.15) is 0 Å². The van der Waals surface area contributed by atoms with Crippen LogP contribution in [0.3, 0.4) is 0 Å². The van der Waals surface area contributed by atoms with Crippen molar-refractivity contribution in [2.45, 2.75) is 53.5 Å². The molecule has 1 rings (SSSR count). The van der Waals surface area contributed by atoms with Gasteiger partial charge in [0.25, 0.3) is 0 Å². The molecule has 0 N–H and O–H groups in total. The minimum atomic E-state index is -1.81. The van der Waals surface area contributed by atoms with Gasteiger partial charge in [-0.1, -0.05) is 53.5 Å². The molecule has 0 aliphatic heterocycles. The van der Waals surface area contributed by atoms with E-state index >= 15 is 0 Å². The Hall–Kier alpha value is -0.746. The Balaban J connectivity index is 3.27. The molecular weight excluding hydrogens is 268 g/mol. The summed E-state index contributed by atoms with van der Waals surface area (Å²) in [5.41, 5.74) is 0.376. The van der Waals surface area contributed by atoms with E-state index in [2.05, 4.69) is 32.7 Å². The summed E-state index contributed by atoms with van der Waals surface area (Å²) in [5, 5.41) is 0.824. The van der Waals surface area contributed by atoms with Crippen molar-refractivity contribution in [1.29, 1.82) is 0 Å². The second kappa shape index (κ2) is 4.67. The van der Waals surface area contributed by atoms with Crippen LogP contribution in [0.4, 0.5) is 0 Å². The van der Waals surface area contributed by atoms with Crippen molar-refractivity contribution >= 4 is 26.7 Å². The summed E-state index contributed by atoms with van der Waals surface area (Å²) >= 11 is 0. The van der Waals surface area contributed by atoms with Crippen LogP contribution in [-0.2, 0) is 9.59 Å². The minimum Gasteiger partial charge on any atom is -0.290 e. The third kappa shape index (κ3) is 3.05. The molecule has 0 saturated carbocycles. The fraction of sp³-hybridized carbons (Fsp3) is 0.600. The van der Waals surface area contributed by atoms with Gasteiger partial charge in [-0.15, -0.1) is 0 Å². The minimum absolute atomic E-state index is 0.0286. The van der Waals surface area contributed by atoms with Crippen LogP contribution in [0.25, 0.3) is 0 Å². The maximum Gasteiger partial charge on any atom is 0.182 e. The summed E-state index contributed by atoms with van der Waals surface area (Å²) in [7, 11) is -3.26. The Bertz CT molecular complexity index is 483. The van der Waals surface area contributed by atoms with E-state index < -0.39 is 15.2 Å². The number of rotatable bonds is 2. The molecule has 1 aliphatic rings. The van der Waals surface area contributed by atoms with Crippen LogP contribution in [0.15, 0.2) is 22.9 Å². The Morgan fingerprint density at radius 2 is 1.32 bits per heavy atom. The van der Waals surface area contributed by atoms with E-state index in [0.29, 0.717) is 5.57 Å². The lowest BCUT2D eigenvalue weighted by atomic mass is 9.81. The van der Waals surface area contributed by atoms with Crippen LogP contribution in [0.2, 0.25) is 32.7 Å². The van der Waals surface area contributed by atoms with Crippen molar-refractivity contribution in [2.75, 3.05) is 0 Å². The van der Waals surface area contributed by atoms with E-state index in [1.807, 2.05) is 20.8 Å². The number of ketones is 2. The van der Waals surface area contributed by atoms with Crippen molar-refractivity contribution in [2.24, 2.45) is 5.41 Å². The van der Waals surface area contributed by atoms with E-state index in [4.69, 9.17) is 0 Å². The highest BCUT2D eigenvalue weighted by Crippen LogP contribution is 2.34. The molecule has 0 amide bonds. The molecule has 0 heterocycles. The summed E-state index contributed by atoms with van der Waals surface area (Å²) in [6.45, 7) is 17.3.